The molecule has 108 valence electrons. The molecule has 0 aliphatic heterocycles. The van der Waals surface area contributed by atoms with E-state index in [-0.39, 0.29) is 23.4 Å². The summed E-state index contributed by atoms with van der Waals surface area (Å²) in [6.07, 6.45) is 0. The van der Waals surface area contributed by atoms with Crippen LogP contribution in [0.4, 0.5) is 5.69 Å². The van der Waals surface area contributed by atoms with Gasteiger partial charge in [-0.15, -0.1) is 0 Å². The van der Waals surface area contributed by atoms with Gasteiger partial charge in [0.2, 0.25) is 5.96 Å². The smallest absolute Gasteiger partial charge is 0.253 e. The molecular weight excluding hydrogens is 256 g/mol. The van der Waals surface area contributed by atoms with E-state index in [1.807, 2.05) is 20.8 Å². The average molecular weight is 276 g/mol. The van der Waals surface area contributed by atoms with Crippen LogP contribution in [0, 0.1) is 0 Å². The van der Waals surface area contributed by atoms with Crippen molar-refractivity contribution in [3.8, 4) is 0 Å². The van der Waals surface area contributed by atoms with Crippen molar-refractivity contribution in [2.24, 2.45) is 27.2 Å². The highest BCUT2D eigenvalue weighted by molar-refractivity contribution is 6.01. The molecule has 1 amide bonds. The second-order valence-corrected chi connectivity index (χ2v) is 5.23. The number of nitrogens with two attached hydrogens (primary N) is 3. The molecule has 0 bridgehead atoms. The fourth-order valence-corrected chi connectivity index (χ4v) is 1.45. The number of rotatable bonds is 2. The lowest BCUT2D eigenvalue weighted by molar-refractivity contribution is 0.0920. The Morgan fingerprint density at radius 2 is 1.75 bits per heavy atom. The van der Waals surface area contributed by atoms with Crippen molar-refractivity contribution in [2.45, 2.75) is 26.3 Å². The molecule has 1 aromatic carbocycles. The molecule has 0 saturated carbocycles. The molecule has 0 atom stereocenters. The van der Waals surface area contributed by atoms with Gasteiger partial charge in [-0.1, -0.05) is 12.1 Å². The van der Waals surface area contributed by atoms with Crippen molar-refractivity contribution in [1.82, 2.24) is 5.32 Å². The van der Waals surface area contributed by atoms with Crippen LogP contribution >= 0.6 is 0 Å². The third kappa shape index (κ3) is 4.97. The number of carbonyl (C=O) groups excluding carboxylic acids is 1. The van der Waals surface area contributed by atoms with Crippen LogP contribution in [-0.2, 0) is 0 Å². The summed E-state index contributed by atoms with van der Waals surface area (Å²) in [5, 5.41) is 2.86. The molecular formula is C13H20N6O. The summed E-state index contributed by atoms with van der Waals surface area (Å²) in [6.45, 7) is 5.68. The SMILES string of the molecule is CC(C)(C)NC(=O)c1ccccc1N=C(N)N=C(N)N. The summed E-state index contributed by atoms with van der Waals surface area (Å²) in [4.78, 5) is 19.8. The summed E-state index contributed by atoms with van der Waals surface area (Å²) in [6, 6.07) is 6.80. The average Bonchev–Trinajstić information content (AvgIpc) is 2.25. The Morgan fingerprint density at radius 1 is 1.15 bits per heavy atom. The van der Waals surface area contributed by atoms with Gasteiger partial charge in [0.25, 0.3) is 5.91 Å². The highest BCUT2D eigenvalue weighted by Gasteiger charge is 2.17. The summed E-state index contributed by atoms with van der Waals surface area (Å²) >= 11 is 0. The van der Waals surface area contributed by atoms with Gasteiger partial charge in [-0.25, -0.2) is 4.99 Å². The van der Waals surface area contributed by atoms with E-state index in [9.17, 15) is 4.79 Å². The van der Waals surface area contributed by atoms with Crippen LogP contribution in [0.5, 0.6) is 0 Å². The van der Waals surface area contributed by atoms with Gasteiger partial charge in [0.1, 0.15) is 0 Å². The maximum absolute atomic E-state index is 12.2. The predicted molar refractivity (Wildman–Crippen MR) is 80.8 cm³/mol. The van der Waals surface area contributed by atoms with E-state index >= 15 is 0 Å². The van der Waals surface area contributed by atoms with Gasteiger partial charge in [-0.2, -0.15) is 4.99 Å². The number of guanidine groups is 2. The van der Waals surface area contributed by atoms with Crippen LogP contribution in [-0.4, -0.2) is 23.4 Å². The quantitative estimate of drug-likeness (QED) is 0.460. The van der Waals surface area contributed by atoms with Crippen molar-refractivity contribution in [3.63, 3.8) is 0 Å². The Morgan fingerprint density at radius 3 is 2.30 bits per heavy atom. The summed E-state index contributed by atoms with van der Waals surface area (Å²) < 4.78 is 0. The standard InChI is InChI=1S/C13H20N6O/c1-13(2,3)19-10(20)8-6-4-5-7-9(8)17-12(16)18-11(14)15/h4-7H,1-3H3,(H,19,20)(H6,14,15,16,17,18). The van der Waals surface area contributed by atoms with Gasteiger partial charge < -0.3 is 22.5 Å². The monoisotopic (exact) mass is 276 g/mol. The van der Waals surface area contributed by atoms with E-state index in [1.165, 1.54) is 0 Å². The number of hydrogen-bond acceptors (Lipinski definition) is 2. The summed E-state index contributed by atoms with van der Waals surface area (Å²) in [5.41, 5.74) is 16.5. The van der Waals surface area contributed by atoms with Crippen LogP contribution in [0.2, 0.25) is 0 Å². The topological polar surface area (TPSA) is 132 Å². The third-order valence-corrected chi connectivity index (χ3v) is 2.12. The first-order valence-electron chi connectivity index (χ1n) is 6.04. The molecule has 0 radical (unpaired) electrons. The maximum atomic E-state index is 12.2. The molecule has 0 aliphatic carbocycles. The van der Waals surface area contributed by atoms with Crippen molar-refractivity contribution in [3.05, 3.63) is 29.8 Å². The number of carbonyl (C=O) groups is 1. The molecule has 7 N–H and O–H groups in total. The van der Waals surface area contributed by atoms with E-state index in [0.29, 0.717) is 11.3 Å². The first-order valence-corrected chi connectivity index (χ1v) is 6.04. The third-order valence-electron chi connectivity index (χ3n) is 2.12. The molecule has 0 saturated heterocycles. The Labute approximate surface area is 118 Å². The molecule has 0 aliphatic rings. The number of nitrogens with one attached hydrogen (secondary N) is 1. The van der Waals surface area contributed by atoms with Gasteiger partial charge in [-0.3, -0.25) is 4.79 Å². The normalized spacial score (nSPS) is 11.8. The highest BCUT2D eigenvalue weighted by atomic mass is 16.1. The fraction of sp³-hybridized carbons (Fsp3) is 0.308. The minimum absolute atomic E-state index is 0.110. The lowest BCUT2D eigenvalue weighted by atomic mass is 10.1. The Hall–Kier alpha value is -2.57. The highest BCUT2D eigenvalue weighted by Crippen LogP contribution is 2.19. The molecule has 0 heterocycles. The van der Waals surface area contributed by atoms with E-state index in [0.717, 1.165) is 0 Å². The fourth-order valence-electron chi connectivity index (χ4n) is 1.45. The number of benzene rings is 1. The van der Waals surface area contributed by atoms with Gasteiger partial charge in [-0.05, 0) is 32.9 Å². The number of nitrogens with zero attached hydrogens (tertiary/aromatic N) is 2. The van der Waals surface area contributed by atoms with Crippen LogP contribution in [0.15, 0.2) is 34.3 Å². The second-order valence-electron chi connectivity index (χ2n) is 5.23. The van der Waals surface area contributed by atoms with Gasteiger partial charge in [0, 0.05) is 5.54 Å². The Kier molecular flexibility index (Phi) is 4.68. The maximum Gasteiger partial charge on any atom is 0.253 e. The lowest BCUT2D eigenvalue weighted by Crippen LogP contribution is -2.40. The van der Waals surface area contributed by atoms with Gasteiger partial charge in [0.05, 0.1) is 11.3 Å². The molecule has 1 rings (SSSR count). The molecule has 20 heavy (non-hydrogen) atoms. The number of amides is 1. The van der Waals surface area contributed by atoms with E-state index < -0.39 is 0 Å². The van der Waals surface area contributed by atoms with Gasteiger partial charge in [0.15, 0.2) is 5.96 Å². The zero-order chi connectivity index (χ0) is 15.3. The Bertz CT molecular complexity index is 552. The van der Waals surface area contributed by atoms with Crippen LogP contribution in [0.1, 0.15) is 31.1 Å². The van der Waals surface area contributed by atoms with E-state index in [4.69, 9.17) is 17.2 Å². The van der Waals surface area contributed by atoms with Crippen LogP contribution in [0.3, 0.4) is 0 Å². The molecule has 0 spiro atoms. The van der Waals surface area contributed by atoms with Crippen molar-refractivity contribution >= 4 is 23.5 Å². The van der Waals surface area contributed by atoms with E-state index in [2.05, 4.69) is 15.3 Å². The largest absolute Gasteiger partial charge is 0.370 e. The first-order chi connectivity index (χ1) is 9.19. The van der Waals surface area contributed by atoms with Crippen molar-refractivity contribution < 1.29 is 4.79 Å². The first kappa shape index (κ1) is 15.5. The van der Waals surface area contributed by atoms with Crippen LogP contribution < -0.4 is 22.5 Å². The van der Waals surface area contributed by atoms with Crippen molar-refractivity contribution in [2.75, 3.05) is 0 Å². The number of hydrogen-bond donors (Lipinski definition) is 4. The number of aliphatic imine (C=N–C) groups is 2. The minimum Gasteiger partial charge on any atom is -0.370 e. The molecule has 0 aromatic heterocycles. The molecule has 0 unspecified atom stereocenters. The number of para-hydroxylation sites is 1. The molecule has 1 aromatic rings. The summed E-state index contributed by atoms with van der Waals surface area (Å²) in [5.74, 6) is -0.543. The van der Waals surface area contributed by atoms with E-state index in [1.54, 1.807) is 24.3 Å². The second kappa shape index (κ2) is 6.05. The van der Waals surface area contributed by atoms with Crippen LogP contribution in [0.25, 0.3) is 0 Å². The van der Waals surface area contributed by atoms with Gasteiger partial charge >= 0.3 is 0 Å². The van der Waals surface area contributed by atoms with Crippen molar-refractivity contribution in [1.29, 1.82) is 0 Å². The molecule has 7 nitrogen and oxygen atoms in total. The molecule has 0 fully saturated rings. The predicted octanol–water partition coefficient (Wildman–Crippen LogP) is 0.435. The molecule has 7 heteroatoms. The lowest BCUT2D eigenvalue weighted by Gasteiger charge is -2.20. The Balaban J connectivity index is 3.12. The summed E-state index contributed by atoms with van der Waals surface area (Å²) in [7, 11) is 0. The minimum atomic E-state index is -0.348. The zero-order valence-corrected chi connectivity index (χ0v) is 11.8. The zero-order valence-electron chi connectivity index (χ0n) is 11.8.